The smallest absolute Gasteiger partial charge is 0.253 e. The van der Waals surface area contributed by atoms with Gasteiger partial charge in [0.25, 0.3) is 5.91 Å². The molecule has 0 saturated carbocycles. The average molecular weight is 377 g/mol. The van der Waals surface area contributed by atoms with E-state index >= 15 is 0 Å². The van der Waals surface area contributed by atoms with Crippen molar-refractivity contribution in [2.24, 2.45) is 0 Å². The van der Waals surface area contributed by atoms with E-state index in [4.69, 9.17) is 0 Å². The minimum atomic E-state index is 0.0635. The fourth-order valence-corrected chi connectivity index (χ4v) is 4.24. The van der Waals surface area contributed by atoms with E-state index < -0.39 is 0 Å². The molecule has 2 aliphatic rings. The van der Waals surface area contributed by atoms with Crippen LogP contribution in [0.3, 0.4) is 0 Å². The van der Waals surface area contributed by atoms with Crippen LogP contribution >= 0.6 is 0 Å². The number of hydrogen-bond acceptors (Lipinski definition) is 3. The van der Waals surface area contributed by atoms with E-state index in [0.717, 1.165) is 37.3 Å². The lowest BCUT2D eigenvalue weighted by molar-refractivity contribution is -0.117. The number of benzene rings is 2. The van der Waals surface area contributed by atoms with Gasteiger partial charge in [0.15, 0.2) is 0 Å². The van der Waals surface area contributed by atoms with Gasteiger partial charge in [0, 0.05) is 49.7 Å². The van der Waals surface area contributed by atoms with Crippen molar-refractivity contribution in [1.82, 2.24) is 4.90 Å². The molecular formula is C23H27N3O2. The molecule has 2 amide bonds. The minimum Gasteiger partial charge on any atom is -0.368 e. The average Bonchev–Trinajstić information content (AvgIpc) is 3.03. The zero-order valence-corrected chi connectivity index (χ0v) is 16.6. The fraction of sp³-hybridized carbons (Fsp3) is 0.391. The predicted octanol–water partition coefficient (Wildman–Crippen LogP) is 3.26. The van der Waals surface area contributed by atoms with Crippen LogP contribution in [0.15, 0.2) is 42.5 Å². The van der Waals surface area contributed by atoms with Gasteiger partial charge in [-0.15, -0.1) is 0 Å². The Labute approximate surface area is 166 Å². The molecule has 2 aromatic carbocycles. The minimum absolute atomic E-state index is 0.0635. The Balaban J connectivity index is 1.44. The summed E-state index contributed by atoms with van der Waals surface area (Å²) in [5, 5.41) is 0. The first-order valence-electron chi connectivity index (χ1n) is 10.1. The maximum absolute atomic E-state index is 13.0. The lowest BCUT2D eigenvalue weighted by Crippen LogP contribution is -2.49. The van der Waals surface area contributed by atoms with Gasteiger partial charge in [0.05, 0.1) is 6.42 Å². The predicted molar refractivity (Wildman–Crippen MR) is 112 cm³/mol. The summed E-state index contributed by atoms with van der Waals surface area (Å²) in [6.07, 6.45) is 1.33. The van der Waals surface area contributed by atoms with Crippen molar-refractivity contribution in [2.45, 2.75) is 26.7 Å². The Morgan fingerprint density at radius 2 is 1.75 bits per heavy atom. The molecule has 0 spiro atoms. The van der Waals surface area contributed by atoms with Crippen molar-refractivity contribution >= 4 is 23.2 Å². The van der Waals surface area contributed by atoms with Gasteiger partial charge in [-0.2, -0.15) is 0 Å². The maximum atomic E-state index is 13.0. The first-order valence-corrected chi connectivity index (χ1v) is 10.1. The molecule has 0 N–H and O–H groups in total. The van der Waals surface area contributed by atoms with Crippen molar-refractivity contribution < 1.29 is 9.59 Å². The van der Waals surface area contributed by atoms with Gasteiger partial charge < -0.3 is 14.7 Å². The summed E-state index contributed by atoms with van der Waals surface area (Å²) < 4.78 is 0. The number of carbonyl (C=O) groups excluding carboxylic acids is 2. The second-order valence-corrected chi connectivity index (χ2v) is 7.63. The Morgan fingerprint density at radius 3 is 2.46 bits per heavy atom. The molecule has 0 aliphatic carbocycles. The second-order valence-electron chi connectivity index (χ2n) is 7.63. The molecule has 28 heavy (non-hydrogen) atoms. The van der Waals surface area contributed by atoms with Crippen molar-refractivity contribution in [1.29, 1.82) is 0 Å². The second kappa shape index (κ2) is 7.66. The lowest BCUT2D eigenvalue weighted by atomic mass is 10.1. The fourth-order valence-electron chi connectivity index (χ4n) is 4.24. The summed E-state index contributed by atoms with van der Waals surface area (Å²) in [6, 6.07) is 14.1. The van der Waals surface area contributed by atoms with E-state index in [-0.39, 0.29) is 11.8 Å². The molecule has 0 unspecified atom stereocenters. The number of aryl methyl sites for hydroxylation is 1. The number of nitrogens with zero attached hydrogens (tertiary/aromatic N) is 3. The van der Waals surface area contributed by atoms with Crippen LogP contribution in [0.1, 0.15) is 34.8 Å². The van der Waals surface area contributed by atoms with Crippen LogP contribution in [0.2, 0.25) is 0 Å². The molecule has 2 aromatic rings. The molecule has 0 radical (unpaired) electrons. The molecule has 5 nitrogen and oxygen atoms in total. The Bertz CT molecular complexity index is 900. The van der Waals surface area contributed by atoms with Gasteiger partial charge in [0.2, 0.25) is 5.91 Å². The van der Waals surface area contributed by atoms with Gasteiger partial charge in [-0.05, 0) is 48.7 Å². The standard InChI is InChI=1S/C23H27N3O2/c1-3-10-26-21-9-8-18(15-19(21)16-22(26)27)23(28)25-13-11-24(12-14-25)20-7-5-4-6-17(20)2/h4-9,15H,3,10-14,16H2,1-2H3. The summed E-state index contributed by atoms with van der Waals surface area (Å²) in [5.41, 5.74) is 5.15. The number of piperazine rings is 1. The highest BCUT2D eigenvalue weighted by Gasteiger charge is 2.29. The van der Waals surface area contributed by atoms with Crippen molar-refractivity contribution in [2.75, 3.05) is 42.5 Å². The quantitative estimate of drug-likeness (QED) is 0.822. The van der Waals surface area contributed by atoms with Gasteiger partial charge in [-0.25, -0.2) is 0 Å². The summed E-state index contributed by atoms with van der Waals surface area (Å²) in [4.78, 5) is 31.4. The molecule has 0 bridgehead atoms. The van der Waals surface area contributed by atoms with Crippen molar-refractivity contribution in [3.63, 3.8) is 0 Å². The topological polar surface area (TPSA) is 43.9 Å². The summed E-state index contributed by atoms with van der Waals surface area (Å²) in [7, 11) is 0. The number of fused-ring (bicyclic) bond motifs is 1. The molecule has 2 heterocycles. The van der Waals surface area contributed by atoms with E-state index in [1.807, 2.05) is 28.0 Å². The third-order valence-electron chi connectivity index (χ3n) is 5.73. The maximum Gasteiger partial charge on any atom is 0.253 e. The number of hydrogen-bond donors (Lipinski definition) is 0. The molecule has 146 valence electrons. The van der Waals surface area contributed by atoms with Gasteiger partial charge in [-0.3, -0.25) is 9.59 Å². The number of carbonyl (C=O) groups is 2. The number of anilines is 2. The van der Waals surface area contributed by atoms with Gasteiger partial charge in [-0.1, -0.05) is 25.1 Å². The Kier molecular flexibility index (Phi) is 5.07. The number of amides is 2. The highest BCUT2D eigenvalue weighted by atomic mass is 16.2. The summed E-state index contributed by atoms with van der Waals surface area (Å²) in [5.74, 6) is 0.196. The first kappa shape index (κ1) is 18.5. The molecule has 2 aliphatic heterocycles. The van der Waals surface area contributed by atoms with E-state index in [0.29, 0.717) is 25.1 Å². The van der Waals surface area contributed by atoms with Crippen LogP contribution in [-0.4, -0.2) is 49.4 Å². The van der Waals surface area contributed by atoms with Crippen molar-refractivity contribution in [3.05, 3.63) is 59.2 Å². The van der Waals surface area contributed by atoms with Gasteiger partial charge >= 0.3 is 0 Å². The van der Waals surface area contributed by atoms with E-state index in [1.165, 1.54) is 11.3 Å². The van der Waals surface area contributed by atoms with Gasteiger partial charge in [0.1, 0.15) is 0 Å². The molecule has 0 aromatic heterocycles. The molecule has 5 heteroatoms. The van der Waals surface area contributed by atoms with E-state index in [2.05, 4.69) is 43.0 Å². The third kappa shape index (κ3) is 3.37. The molecule has 1 fully saturated rings. The van der Waals surface area contributed by atoms with E-state index in [9.17, 15) is 9.59 Å². The highest BCUT2D eigenvalue weighted by Crippen LogP contribution is 2.30. The zero-order chi connectivity index (χ0) is 19.7. The zero-order valence-electron chi connectivity index (χ0n) is 16.6. The Morgan fingerprint density at radius 1 is 1.00 bits per heavy atom. The monoisotopic (exact) mass is 377 g/mol. The van der Waals surface area contributed by atoms with Crippen LogP contribution in [0.25, 0.3) is 0 Å². The van der Waals surface area contributed by atoms with Crippen molar-refractivity contribution in [3.8, 4) is 0 Å². The van der Waals surface area contributed by atoms with Crippen LogP contribution in [-0.2, 0) is 11.2 Å². The Hall–Kier alpha value is -2.82. The highest BCUT2D eigenvalue weighted by molar-refractivity contribution is 6.03. The van der Waals surface area contributed by atoms with Crippen LogP contribution in [0.4, 0.5) is 11.4 Å². The third-order valence-corrected chi connectivity index (χ3v) is 5.73. The summed E-state index contributed by atoms with van der Waals surface area (Å²) >= 11 is 0. The van der Waals surface area contributed by atoms with E-state index in [1.54, 1.807) is 0 Å². The number of rotatable bonds is 4. The first-order chi connectivity index (χ1) is 13.6. The lowest BCUT2D eigenvalue weighted by Gasteiger charge is -2.37. The number of para-hydroxylation sites is 1. The molecular weight excluding hydrogens is 350 g/mol. The largest absolute Gasteiger partial charge is 0.368 e. The SMILES string of the molecule is CCCN1C(=O)Cc2cc(C(=O)N3CCN(c4ccccc4C)CC3)ccc21. The summed E-state index contributed by atoms with van der Waals surface area (Å²) in [6.45, 7) is 8.03. The molecule has 1 saturated heterocycles. The molecule has 0 atom stereocenters. The van der Waals surface area contributed by atoms with Crippen LogP contribution in [0, 0.1) is 6.92 Å². The van der Waals surface area contributed by atoms with Crippen LogP contribution in [0.5, 0.6) is 0 Å². The molecule has 4 rings (SSSR count). The van der Waals surface area contributed by atoms with Crippen LogP contribution < -0.4 is 9.80 Å². The normalized spacial score (nSPS) is 16.5.